The van der Waals surface area contributed by atoms with Crippen molar-refractivity contribution >= 4 is 53.7 Å². The fourth-order valence-corrected chi connectivity index (χ4v) is 6.70. The lowest BCUT2D eigenvalue weighted by Crippen LogP contribution is -2.37. The minimum absolute atomic E-state index is 0.0447. The van der Waals surface area contributed by atoms with Crippen LogP contribution in [0.5, 0.6) is 0 Å². The molecular weight excluding hydrogens is 773 g/mol. The molecule has 296 valence electrons. The summed E-state index contributed by atoms with van der Waals surface area (Å²) in [6, 6.07) is 21.3. The molecular formula is C36H38N6O12S2. The molecule has 0 unspecified atom stereocenters. The Balaban J connectivity index is 0.000000222. The van der Waals surface area contributed by atoms with Gasteiger partial charge in [-0.3, -0.25) is 20.2 Å². The monoisotopic (exact) mass is 810 g/mol. The Morgan fingerprint density at radius 2 is 0.929 bits per heavy atom. The molecule has 0 saturated carbocycles. The summed E-state index contributed by atoms with van der Waals surface area (Å²) in [6.07, 6.45) is 3.87. The molecule has 0 N–H and O–H groups in total. The van der Waals surface area contributed by atoms with Crippen LogP contribution in [-0.2, 0) is 55.9 Å². The highest BCUT2D eigenvalue weighted by Crippen LogP contribution is 2.21. The first kappa shape index (κ1) is 41.5. The van der Waals surface area contributed by atoms with E-state index in [9.17, 15) is 46.2 Å². The van der Waals surface area contributed by atoms with Gasteiger partial charge in [0.05, 0.1) is 58.2 Å². The Kier molecular flexibility index (Phi) is 13.3. The minimum Gasteiger partial charge on any atom is -0.744 e. The van der Waals surface area contributed by atoms with Crippen molar-refractivity contribution in [3.05, 3.63) is 129 Å². The van der Waals surface area contributed by atoms with Crippen molar-refractivity contribution in [2.75, 3.05) is 26.4 Å². The molecule has 6 aromatic rings. The van der Waals surface area contributed by atoms with Crippen molar-refractivity contribution in [1.29, 1.82) is 0 Å². The third-order valence-electron chi connectivity index (χ3n) is 8.66. The maximum Gasteiger partial charge on any atom is 0.273 e. The van der Waals surface area contributed by atoms with E-state index in [-0.39, 0.29) is 21.2 Å². The van der Waals surface area contributed by atoms with Gasteiger partial charge in [-0.1, -0.05) is 35.4 Å². The van der Waals surface area contributed by atoms with Gasteiger partial charge in [0.1, 0.15) is 46.4 Å². The maximum atomic E-state index is 11.2. The fraction of sp³-hybridized carbons (Fsp3) is 0.278. The molecule has 0 fully saturated rings. The second kappa shape index (κ2) is 17.9. The second-order valence-corrected chi connectivity index (χ2v) is 15.4. The van der Waals surface area contributed by atoms with E-state index in [1.807, 2.05) is 44.8 Å². The molecule has 0 radical (unpaired) electrons. The molecule has 4 aromatic carbocycles. The van der Waals surface area contributed by atoms with Crippen molar-refractivity contribution in [2.24, 2.45) is 0 Å². The number of hydrogen-bond donors (Lipinski definition) is 0. The molecule has 56 heavy (non-hydrogen) atoms. The average Bonchev–Trinajstić information content (AvgIpc) is 3.67. The van der Waals surface area contributed by atoms with Gasteiger partial charge >= 0.3 is 0 Å². The first-order chi connectivity index (χ1) is 26.5. The van der Waals surface area contributed by atoms with Crippen molar-refractivity contribution < 1.29 is 54.4 Å². The normalized spacial score (nSPS) is 13.9. The standard InChI is InChI=1S/C22H24N6O6.2C7H8O3S/c29-27(30)17-1-3-19-21(13-17)25-7-11-34-12-8-26-16-24(6-10-33-9-5-23(19)15-25)20-4-2-18(28(31)32)14-22(20)26;2*1-6-2-4-7(5-3-6)11(8,9)10/h1-4,13-16H,5-12H2;2*2-5H,1H3,(H,8,9,10)/q+2;;/p-2. The molecule has 0 saturated heterocycles. The van der Waals surface area contributed by atoms with Crippen LogP contribution in [0.15, 0.2) is 107 Å². The first-order valence-corrected chi connectivity index (χ1v) is 19.9. The predicted molar refractivity (Wildman–Crippen MR) is 197 cm³/mol. The quantitative estimate of drug-likeness (QED) is 0.108. The Morgan fingerprint density at radius 1 is 0.571 bits per heavy atom. The fourth-order valence-electron chi connectivity index (χ4n) is 5.76. The Morgan fingerprint density at radius 3 is 1.27 bits per heavy atom. The number of ether oxygens (including phenoxy) is 2. The number of hydrogen-bond acceptors (Lipinski definition) is 12. The lowest BCUT2D eigenvalue weighted by molar-refractivity contribution is -0.681. The molecule has 0 atom stereocenters. The number of nitrogens with zero attached hydrogens (tertiary/aromatic N) is 6. The van der Waals surface area contributed by atoms with Gasteiger partial charge in [-0.15, -0.1) is 0 Å². The zero-order valence-corrected chi connectivity index (χ0v) is 31.9. The van der Waals surface area contributed by atoms with Gasteiger partial charge in [0, 0.05) is 12.1 Å². The van der Waals surface area contributed by atoms with Gasteiger partial charge in [-0.2, -0.15) is 0 Å². The predicted octanol–water partition coefficient (Wildman–Crippen LogP) is 3.53. The van der Waals surface area contributed by atoms with Gasteiger partial charge in [0.15, 0.2) is 22.1 Å². The Labute approximate surface area is 321 Å². The van der Waals surface area contributed by atoms with Gasteiger partial charge in [-0.05, 0) is 50.2 Å². The SMILES string of the molecule is Cc1ccc(S(=O)(=O)[O-])cc1.Cc1ccc(S(=O)(=O)[O-])cc1.O=[N+]([O-])c1ccc2c(c1)n1c[n+]2CCOCC[n+]2cn(c3cc([N+](=O)[O-])ccc32)CCOCC1. The smallest absolute Gasteiger partial charge is 0.273 e. The van der Waals surface area contributed by atoms with Gasteiger partial charge < -0.3 is 18.6 Å². The number of non-ortho nitro benzene ring substituents is 2. The van der Waals surface area contributed by atoms with Gasteiger partial charge in [0.2, 0.25) is 12.7 Å². The summed E-state index contributed by atoms with van der Waals surface area (Å²) in [6.45, 7) is 7.69. The van der Waals surface area contributed by atoms with Crippen molar-refractivity contribution in [1.82, 2.24) is 9.13 Å². The number of aromatic nitrogens is 4. The minimum atomic E-state index is -4.27. The molecule has 1 aliphatic heterocycles. The van der Waals surface area contributed by atoms with Crippen LogP contribution in [0.4, 0.5) is 11.4 Å². The van der Waals surface area contributed by atoms with E-state index in [2.05, 4.69) is 0 Å². The maximum absolute atomic E-state index is 11.2. The van der Waals surface area contributed by atoms with E-state index in [1.165, 1.54) is 36.4 Å². The van der Waals surface area contributed by atoms with E-state index in [1.54, 1.807) is 48.5 Å². The summed E-state index contributed by atoms with van der Waals surface area (Å²) in [5.74, 6) is 0. The van der Waals surface area contributed by atoms with Gasteiger partial charge in [-0.25, -0.2) is 35.1 Å². The summed E-state index contributed by atoms with van der Waals surface area (Å²) >= 11 is 0. The number of fused-ring (bicyclic) bond motifs is 10. The average molecular weight is 811 g/mol. The summed E-state index contributed by atoms with van der Waals surface area (Å²) < 4.78 is 82.1. The summed E-state index contributed by atoms with van der Waals surface area (Å²) in [5, 5.41) is 22.5. The largest absolute Gasteiger partial charge is 0.744 e. The summed E-state index contributed by atoms with van der Waals surface area (Å²) in [7, 11) is -8.54. The molecule has 4 bridgehead atoms. The van der Waals surface area contributed by atoms with E-state index in [4.69, 9.17) is 9.47 Å². The van der Waals surface area contributed by atoms with E-state index < -0.39 is 30.1 Å². The van der Waals surface area contributed by atoms with Crippen molar-refractivity contribution in [3.63, 3.8) is 0 Å². The van der Waals surface area contributed by atoms with Crippen molar-refractivity contribution in [2.45, 2.75) is 49.8 Å². The number of imidazole rings is 2. The highest BCUT2D eigenvalue weighted by Gasteiger charge is 2.22. The molecule has 7 rings (SSSR count). The molecule has 0 amide bonds. The second-order valence-electron chi connectivity index (χ2n) is 12.6. The van der Waals surface area contributed by atoms with Crippen LogP contribution in [0.25, 0.3) is 22.1 Å². The molecule has 0 aliphatic carbocycles. The number of aryl methyl sites for hydroxylation is 2. The van der Waals surface area contributed by atoms with Crippen LogP contribution in [0.3, 0.4) is 0 Å². The van der Waals surface area contributed by atoms with E-state index >= 15 is 0 Å². The zero-order valence-electron chi connectivity index (χ0n) is 30.3. The number of rotatable bonds is 4. The lowest BCUT2D eigenvalue weighted by atomic mass is 10.2. The molecule has 20 heteroatoms. The highest BCUT2D eigenvalue weighted by molar-refractivity contribution is 7.86. The molecule has 2 aromatic heterocycles. The third kappa shape index (κ3) is 10.8. The van der Waals surface area contributed by atoms with Crippen LogP contribution >= 0.6 is 0 Å². The first-order valence-electron chi connectivity index (χ1n) is 17.1. The van der Waals surface area contributed by atoms with Crippen LogP contribution in [0.2, 0.25) is 0 Å². The van der Waals surface area contributed by atoms with Crippen LogP contribution in [-0.4, -0.2) is 71.3 Å². The highest BCUT2D eigenvalue weighted by atomic mass is 32.2. The Hall–Kier alpha value is -5.64. The summed E-state index contributed by atoms with van der Waals surface area (Å²) in [4.78, 5) is 21.4. The topological polar surface area (TPSA) is 237 Å². The van der Waals surface area contributed by atoms with Crippen molar-refractivity contribution in [3.8, 4) is 0 Å². The molecule has 1 aliphatic rings. The molecule has 0 spiro atoms. The number of benzene rings is 4. The summed E-state index contributed by atoms with van der Waals surface area (Å²) in [5.41, 5.74) is 5.28. The molecule has 3 heterocycles. The van der Waals surface area contributed by atoms with Crippen LogP contribution < -0.4 is 9.13 Å². The number of nitro groups is 2. The zero-order chi connectivity index (χ0) is 40.6. The Bertz CT molecular complexity index is 2390. The molecule has 18 nitrogen and oxygen atoms in total. The third-order valence-corrected chi connectivity index (χ3v) is 10.4. The van der Waals surface area contributed by atoms with Crippen LogP contribution in [0.1, 0.15) is 11.1 Å². The van der Waals surface area contributed by atoms with E-state index in [0.29, 0.717) is 52.6 Å². The van der Waals surface area contributed by atoms with E-state index in [0.717, 1.165) is 33.2 Å². The van der Waals surface area contributed by atoms with Gasteiger partial charge in [0.25, 0.3) is 11.4 Å². The van der Waals surface area contributed by atoms with Crippen LogP contribution in [0, 0.1) is 34.1 Å². The number of nitro benzene ring substituents is 2. The lowest BCUT2D eigenvalue weighted by Gasteiger charge is -2.05.